The van der Waals surface area contributed by atoms with Gasteiger partial charge in [-0.15, -0.1) is 11.3 Å². The second kappa shape index (κ2) is 15.9. The molecule has 9 nitrogen and oxygen atoms in total. The smallest absolute Gasteiger partial charge is 0.243 e. The molecule has 0 bridgehead atoms. The van der Waals surface area contributed by atoms with Crippen LogP contribution >= 0.6 is 11.3 Å². The fourth-order valence-electron chi connectivity index (χ4n) is 6.42. The van der Waals surface area contributed by atoms with Crippen LogP contribution in [0.15, 0.2) is 102 Å². The van der Waals surface area contributed by atoms with Crippen LogP contribution in [-0.4, -0.2) is 54.8 Å². The maximum Gasteiger partial charge on any atom is 0.243 e. The second-order valence-electron chi connectivity index (χ2n) is 12.6. The molecule has 4 amide bonds. The number of piperidine rings is 1. The SMILES string of the molecule is NC(=O)[C@H](Cc1ccccc1)NC(=O)[C@@H](Cc1csc2ccccc12)NC(=O)[C@@H](Cc1ccc2ccccc2c1)NC(=O)C1CCNCC1. The van der Waals surface area contributed by atoms with Gasteiger partial charge < -0.3 is 27.0 Å². The molecule has 6 rings (SSSR count). The number of nitrogens with one attached hydrogen (secondary N) is 4. The van der Waals surface area contributed by atoms with Crippen LogP contribution in [-0.2, 0) is 38.4 Å². The summed E-state index contributed by atoms with van der Waals surface area (Å²) in [6.45, 7) is 1.47. The third-order valence-corrected chi connectivity index (χ3v) is 10.2. The predicted molar refractivity (Wildman–Crippen MR) is 194 cm³/mol. The lowest BCUT2D eigenvalue weighted by Crippen LogP contribution is -2.58. The van der Waals surface area contributed by atoms with E-state index in [1.807, 2.05) is 102 Å². The number of benzene rings is 4. The van der Waals surface area contributed by atoms with E-state index in [1.54, 1.807) is 11.3 Å². The summed E-state index contributed by atoms with van der Waals surface area (Å²) >= 11 is 1.56. The zero-order valence-electron chi connectivity index (χ0n) is 27.2. The molecule has 6 N–H and O–H groups in total. The van der Waals surface area contributed by atoms with E-state index in [-0.39, 0.29) is 31.1 Å². The van der Waals surface area contributed by atoms with E-state index in [9.17, 15) is 19.2 Å². The van der Waals surface area contributed by atoms with E-state index in [1.165, 1.54) is 0 Å². The molecule has 0 radical (unpaired) electrons. The van der Waals surface area contributed by atoms with Crippen molar-refractivity contribution in [3.63, 3.8) is 0 Å². The summed E-state index contributed by atoms with van der Waals surface area (Å²) in [7, 11) is 0. The normalized spacial score (nSPS) is 15.3. The summed E-state index contributed by atoms with van der Waals surface area (Å²) in [5.41, 5.74) is 8.37. The van der Waals surface area contributed by atoms with Crippen molar-refractivity contribution < 1.29 is 19.2 Å². The van der Waals surface area contributed by atoms with Crippen LogP contribution in [0.1, 0.15) is 29.5 Å². The van der Waals surface area contributed by atoms with Crippen molar-refractivity contribution in [1.29, 1.82) is 0 Å². The van der Waals surface area contributed by atoms with Crippen LogP contribution in [0.2, 0.25) is 0 Å². The number of amides is 4. The van der Waals surface area contributed by atoms with E-state index >= 15 is 0 Å². The highest BCUT2D eigenvalue weighted by Gasteiger charge is 2.32. The number of primary amides is 1. The highest BCUT2D eigenvalue weighted by atomic mass is 32.1. The number of carbonyl (C=O) groups is 4. The summed E-state index contributed by atoms with van der Waals surface area (Å²) in [4.78, 5) is 54.3. The number of carbonyl (C=O) groups excluding carboxylic acids is 4. The number of fused-ring (bicyclic) bond motifs is 2. The minimum Gasteiger partial charge on any atom is -0.368 e. The minimum atomic E-state index is -1.04. The minimum absolute atomic E-state index is 0.177. The highest BCUT2D eigenvalue weighted by Crippen LogP contribution is 2.27. The molecule has 0 spiro atoms. The van der Waals surface area contributed by atoms with Crippen molar-refractivity contribution in [2.24, 2.45) is 11.7 Å². The van der Waals surface area contributed by atoms with Gasteiger partial charge in [0, 0.05) is 29.9 Å². The van der Waals surface area contributed by atoms with Gasteiger partial charge in [0.15, 0.2) is 0 Å². The third-order valence-electron chi connectivity index (χ3n) is 9.16. The number of hydrogen-bond donors (Lipinski definition) is 5. The fraction of sp³-hybridized carbons (Fsp3) is 0.282. The van der Waals surface area contributed by atoms with Crippen LogP contribution in [0, 0.1) is 5.92 Å². The van der Waals surface area contributed by atoms with Gasteiger partial charge in [-0.2, -0.15) is 0 Å². The molecule has 0 aliphatic carbocycles. The van der Waals surface area contributed by atoms with Gasteiger partial charge in [-0.25, -0.2) is 0 Å². The fourth-order valence-corrected chi connectivity index (χ4v) is 7.40. The zero-order chi connectivity index (χ0) is 34.2. The number of rotatable bonds is 13. The van der Waals surface area contributed by atoms with E-state index in [0.717, 1.165) is 50.6 Å². The summed E-state index contributed by atoms with van der Waals surface area (Å²) in [5.74, 6) is -2.07. The summed E-state index contributed by atoms with van der Waals surface area (Å²) < 4.78 is 1.06. The molecule has 1 aliphatic heterocycles. The molecule has 1 saturated heterocycles. The average Bonchev–Trinajstić information content (AvgIpc) is 3.54. The molecule has 1 aromatic heterocycles. The molecule has 10 heteroatoms. The van der Waals surface area contributed by atoms with Crippen LogP contribution in [0.25, 0.3) is 20.9 Å². The maximum atomic E-state index is 14.2. The van der Waals surface area contributed by atoms with Gasteiger partial charge in [0.2, 0.25) is 23.6 Å². The molecule has 49 heavy (non-hydrogen) atoms. The predicted octanol–water partition coefficient (Wildman–Crippen LogP) is 4.02. The standard InChI is InChI=1S/C39H41N5O4S/c40-36(45)32(21-25-8-2-1-3-9-25)42-39(48)34(23-30-24-49-35-13-7-6-12-31(30)35)44-38(47)33(43-37(46)28-16-18-41-19-17-28)22-26-14-15-27-10-4-5-11-29(27)20-26/h1-15,20,24,28,32-34,41H,16-19,21-23H2,(H2,40,45)(H,42,48)(H,43,46)(H,44,47)/t32-,33+,34+/m0/s1. The Balaban J connectivity index is 1.27. The van der Waals surface area contributed by atoms with Crippen molar-refractivity contribution in [1.82, 2.24) is 21.3 Å². The Labute approximate surface area is 289 Å². The lowest BCUT2D eigenvalue weighted by Gasteiger charge is -2.27. The molecule has 5 aromatic rings. The molecule has 0 unspecified atom stereocenters. The van der Waals surface area contributed by atoms with E-state index in [2.05, 4.69) is 21.3 Å². The largest absolute Gasteiger partial charge is 0.368 e. The summed E-state index contributed by atoms with van der Waals surface area (Å²) in [5, 5.41) is 17.2. The van der Waals surface area contributed by atoms with Gasteiger partial charge in [0.1, 0.15) is 18.1 Å². The lowest BCUT2D eigenvalue weighted by atomic mass is 9.95. The van der Waals surface area contributed by atoms with Gasteiger partial charge in [-0.1, -0.05) is 91.0 Å². The highest BCUT2D eigenvalue weighted by molar-refractivity contribution is 7.17. The van der Waals surface area contributed by atoms with Gasteiger partial charge in [-0.3, -0.25) is 19.2 Å². The van der Waals surface area contributed by atoms with E-state index < -0.39 is 35.8 Å². The number of hydrogen-bond acceptors (Lipinski definition) is 6. The van der Waals surface area contributed by atoms with Crippen LogP contribution in [0.4, 0.5) is 0 Å². The quantitative estimate of drug-likeness (QED) is 0.128. The molecular weight excluding hydrogens is 635 g/mol. The van der Waals surface area contributed by atoms with Gasteiger partial charge >= 0.3 is 0 Å². The van der Waals surface area contributed by atoms with Crippen LogP contribution in [0.3, 0.4) is 0 Å². The first-order chi connectivity index (χ1) is 23.8. The Morgan fingerprint density at radius 3 is 2.08 bits per heavy atom. The first-order valence-electron chi connectivity index (χ1n) is 16.7. The molecular formula is C39H41N5O4S. The topological polar surface area (TPSA) is 142 Å². The molecule has 1 aliphatic rings. The monoisotopic (exact) mass is 675 g/mol. The summed E-state index contributed by atoms with van der Waals surface area (Å²) in [6.07, 6.45) is 2.00. The van der Waals surface area contributed by atoms with Gasteiger partial charge in [0.05, 0.1) is 0 Å². The molecule has 4 aromatic carbocycles. The Morgan fingerprint density at radius 2 is 1.33 bits per heavy atom. The third kappa shape index (κ3) is 8.70. The number of nitrogens with two attached hydrogens (primary N) is 1. The van der Waals surface area contributed by atoms with Crippen LogP contribution < -0.4 is 27.0 Å². The molecule has 252 valence electrons. The van der Waals surface area contributed by atoms with E-state index in [4.69, 9.17) is 5.73 Å². The Bertz CT molecular complexity index is 1940. The second-order valence-corrected chi connectivity index (χ2v) is 13.6. The van der Waals surface area contributed by atoms with E-state index in [0.29, 0.717) is 12.8 Å². The Kier molecular flexibility index (Phi) is 11.0. The van der Waals surface area contributed by atoms with Crippen molar-refractivity contribution >= 4 is 55.8 Å². The van der Waals surface area contributed by atoms with Gasteiger partial charge in [-0.05, 0) is 70.2 Å². The van der Waals surface area contributed by atoms with Crippen molar-refractivity contribution in [3.05, 3.63) is 119 Å². The van der Waals surface area contributed by atoms with Crippen molar-refractivity contribution in [2.45, 2.75) is 50.2 Å². The molecule has 2 heterocycles. The first-order valence-corrected chi connectivity index (χ1v) is 17.6. The van der Waals surface area contributed by atoms with Crippen molar-refractivity contribution in [2.75, 3.05) is 13.1 Å². The molecule has 3 atom stereocenters. The lowest BCUT2D eigenvalue weighted by molar-refractivity contribution is -0.134. The zero-order valence-corrected chi connectivity index (χ0v) is 28.0. The van der Waals surface area contributed by atoms with Gasteiger partial charge in [0.25, 0.3) is 0 Å². The maximum absolute atomic E-state index is 14.2. The molecule has 1 fully saturated rings. The van der Waals surface area contributed by atoms with Crippen molar-refractivity contribution in [3.8, 4) is 0 Å². The Morgan fingerprint density at radius 1 is 0.694 bits per heavy atom. The average molecular weight is 676 g/mol. The summed E-state index contributed by atoms with van der Waals surface area (Å²) in [6, 6.07) is 28.2. The number of thiophene rings is 1. The van der Waals surface area contributed by atoms with Crippen LogP contribution in [0.5, 0.6) is 0 Å². The Hall–Kier alpha value is -5.06. The first kappa shape index (κ1) is 33.8. The molecule has 0 saturated carbocycles.